The molecule has 0 aromatic heterocycles. The van der Waals surface area contributed by atoms with Gasteiger partial charge in [-0.05, 0) is 49.2 Å². The maximum Gasteiger partial charge on any atom is 0.124 e. The van der Waals surface area contributed by atoms with Gasteiger partial charge in [0.15, 0.2) is 0 Å². The molecule has 0 aliphatic carbocycles. The Bertz CT molecular complexity index is 908. The summed E-state index contributed by atoms with van der Waals surface area (Å²) in [5.41, 5.74) is 5.68. The Hall–Kier alpha value is -2.16. The first-order valence-electron chi connectivity index (χ1n) is 8.49. The van der Waals surface area contributed by atoms with Gasteiger partial charge in [-0.1, -0.05) is 59.6 Å². The summed E-state index contributed by atoms with van der Waals surface area (Å²) in [6.07, 6.45) is 0. The topological polar surface area (TPSA) is 21.3 Å². The average molecular weight is 386 g/mol. The maximum atomic E-state index is 6.23. The molecule has 0 aliphatic rings. The lowest BCUT2D eigenvalue weighted by Gasteiger charge is -2.15. The van der Waals surface area contributed by atoms with Gasteiger partial charge in [0, 0.05) is 33.4 Å². The van der Waals surface area contributed by atoms with E-state index >= 15 is 0 Å². The Morgan fingerprint density at radius 1 is 0.885 bits per heavy atom. The van der Waals surface area contributed by atoms with E-state index in [1.165, 1.54) is 11.1 Å². The smallest absolute Gasteiger partial charge is 0.124 e. The predicted octanol–water partition coefficient (Wildman–Crippen LogP) is 6.80. The number of benzene rings is 3. The monoisotopic (exact) mass is 385 g/mol. The Balaban J connectivity index is 1.71. The highest BCUT2D eigenvalue weighted by molar-refractivity contribution is 6.35. The first-order chi connectivity index (χ1) is 12.5. The van der Waals surface area contributed by atoms with Crippen molar-refractivity contribution in [1.82, 2.24) is 0 Å². The summed E-state index contributed by atoms with van der Waals surface area (Å²) >= 11 is 12.2. The number of aryl methyl sites for hydroxylation is 1. The minimum atomic E-state index is 0.399. The number of rotatable bonds is 6. The minimum Gasteiger partial charge on any atom is -0.488 e. The van der Waals surface area contributed by atoms with Crippen LogP contribution in [-0.2, 0) is 13.2 Å². The van der Waals surface area contributed by atoms with Crippen LogP contribution in [0.4, 0.5) is 5.69 Å². The van der Waals surface area contributed by atoms with Crippen molar-refractivity contribution >= 4 is 28.9 Å². The molecular weight excluding hydrogens is 365 g/mol. The Kier molecular flexibility index (Phi) is 6.08. The van der Waals surface area contributed by atoms with Crippen molar-refractivity contribution < 1.29 is 4.74 Å². The normalized spacial score (nSPS) is 10.6. The standard InChI is InChI=1S/C22H21Cl2NO/c1-15-6-5-8-21(16(15)2)25-13-17-7-3-4-9-22(17)26-14-18-10-11-19(23)12-20(18)24/h3-12,25H,13-14H2,1-2H3. The van der Waals surface area contributed by atoms with Crippen molar-refractivity contribution in [2.75, 3.05) is 5.32 Å². The highest BCUT2D eigenvalue weighted by atomic mass is 35.5. The molecule has 0 fully saturated rings. The zero-order valence-electron chi connectivity index (χ0n) is 14.9. The van der Waals surface area contributed by atoms with E-state index in [-0.39, 0.29) is 0 Å². The van der Waals surface area contributed by atoms with E-state index in [1.807, 2.05) is 30.3 Å². The van der Waals surface area contributed by atoms with Crippen LogP contribution in [0.5, 0.6) is 5.75 Å². The van der Waals surface area contributed by atoms with Crippen LogP contribution in [0.15, 0.2) is 60.7 Å². The highest BCUT2D eigenvalue weighted by Crippen LogP contribution is 2.26. The third kappa shape index (κ3) is 4.51. The molecule has 0 atom stereocenters. The summed E-state index contributed by atoms with van der Waals surface area (Å²) in [5.74, 6) is 0.844. The molecule has 0 heterocycles. The van der Waals surface area contributed by atoms with E-state index in [0.29, 0.717) is 23.2 Å². The number of ether oxygens (including phenoxy) is 1. The van der Waals surface area contributed by atoms with Gasteiger partial charge < -0.3 is 10.1 Å². The van der Waals surface area contributed by atoms with Crippen LogP contribution < -0.4 is 10.1 Å². The van der Waals surface area contributed by atoms with Crippen LogP contribution in [-0.4, -0.2) is 0 Å². The summed E-state index contributed by atoms with van der Waals surface area (Å²) in [4.78, 5) is 0. The van der Waals surface area contributed by atoms with E-state index in [9.17, 15) is 0 Å². The van der Waals surface area contributed by atoms with Crippen molar-refractivity contribution in [3.05, 3.63) is 93.0 Å². The third-order valence-electron chi connectivity index (χ3n) is 4.44. The number of hydrogen-bond acceptors (Lipinski definition) is 2. The van der Waals surface area contributed by atoms with Crippen molar-refractivity contribution in [1.29, 1.82) is 0 Å². The highest BCUT2D eigenvalue weighted by Gasteiger charge is 2.07. The van der Waals surface area contributed by atoms with Crippen molar-refractivity contribution in [2.24, 2.45) is 0 Å². The Labute approximate surface area is 164 Å². The van der Waals surface area contributed by atoms with E-state index in [4.69, 9.17) is 27.9 Å². The number of hydrogen-bond donors (Lipinski definition) is 1. The quantitative estimate of drug-likeness (QED) is 0.503. The van der Waals surface area contributed by atoms with Crippen molar-refractivity contribution in [3.63, 3.8) is 0 Å². The molecule has 0 unspecified atom stereocenters. The second-order valence-corrected chi connectivity index (χ2v) is 7.08. The van der Waals surface area contributed by atoms with Crippen molar-refractivity contribution in [2.45, 2.75) is 27.0 Å². The van der Waals surface area contributed by atoms with Gasteiger partial charge in [-0.25, -0.2) is 0 Å². The van der Waals surface area contributed by atoms with E-state index in [0.717, 1.165) is 22.6 Å². The molecule has 3 aromatic carbocycles. The van der Waals surface area contributed by atoms with E-state index in [1.54, 1.807) is 6.07 Å². The maximum absolute atomic E-state index is 6.23. The van der Waals surface area contributed by atoms with Crippen molar-refractivity contribution in [3.8, 4) is 5.75 Å². The van der Waals surface area contributed by atoms with Gasteiger partial charge in [0.05, 0.1) is 0 Å². The molecule has 0 spiro atoms. The van der Waals surface area contributed by atoms with Gasteiger partial charge in [-0.15, -0.1) is 0 Å². The molecule has 1 N–H and O–H groups in total. The first-order valence-corrected chi connectivity index (χ1v) is 9.25. The molecule has 134 valence electrons. The first kappa shape index (κ1) is 18.6. The molecule has 0 bridgehead atoms. The Morgan fingerprint density at radius 2 is 1.69 bits per heavy atom. The van der Waals surface area contributed by atoms with Crippen LogP contribution in [0.2, 0.25) is 10.0 Å². The molecule has 26 heavy (non-hydrogen) atoms. The second kappa shape index (κ2) is 8.48. The van der Waals surface area contributed by atoms with Gasteiger partial charge in [-0.2, -0.15) is 0 Å². The number of para-hydroxylation sites is 1. The minimum absolute atomic E-state index is 0.399. The number of nitrogens with one attached hydrogen (secondary N) is 1. The summed E-state index contributed by atoms with van der Waals surface area (Å²) in [5, 5.41) is 4.74. The summed E-state index contributed by atoms with van der Waals surface area (Å²) in [6.45, 7) is 5.33. The SMILES string of the molecule is Cc1cccc(NCc2ccccc2OCc2ccc(Cl)cc2Cl)c1C. The molecule has 0 aliphatic heterocycles. The van der Waals surface area contributed by atoms with Gasteiger partial charge in [-0.3, -0.25) is 0 Å². The number of halogens is 2. The zero-order chi connectivity index (χ0) is 18.5. The Morgan fingerprint density at radius 3 is 2.50 bits per heavy atom. The van der Waals surface area contributed by atoms with Gasteiger partial charge in [0.25, 0.3) is 0 Å². The fourth-order valence-corrected chi connectivity index (χ4v) is 3.18. The van der Waals surface area contributed by atoms with Crippen LogP contribution in [0.25, 0.3) is 0 Å². The molecule has 0 amide bonds. The summed E-state index contributed by atoms with van der Waals surface area (Å²) < 4.78 is 6.02. The number of anilines is 1. The van der Waals surface area contributed by atoms with Crippen LogP contribution in [0.3, 0.4) is 0 Å². The molecule has 4 heteroatoms. The summed E-state index contributed by atoms with van der Waals surface area (Å²) in [6, 6.07) is 19.8. The van der Waals surface area contributed by atoms with Gasteiger partial charge >= 0.3 is 0 Å². The third-order valence-corrected chi connectivity index (χ3v) is 5.03. The average Bonchev–Trinajstić information content (AvgIpc) is 2.63. The van der Waals surface area contributed by atoms with Crippen LogP contribution >= 0.6 is 23.2 Å². The lowest BCUT2D eigenvalue weighted by Crippen LogP contribution is -2.05. The molecule has 3 aromatic rings. The largest absolute Gasteiger partial charge is 0.488 e. The molecule has 2 nitrogen and oxygen atoms in total. The van der Waals surface area contributed by atoms with Crippen LogP contribution in [0.1, 0.15) is 22.3 Å². The van der Waals surface area contributed by atoms with Crippen LogP contribution in [0, 0.1) is 13.8 Å². The summed E-state index contributed by atoms with van der Waals surface area (Å²) in [7, 11) is 0. The van der Waals surface area contributed by atoms with E-state index in [2.05, 4.69) is 43.4 Å². The predicted molar refractivity (Wildman–Crippen MR) is 110 cm³/mol. The zero-order valence-corrected chi connectivity index (χ0v) is 16.4. The van der Waals surface area contributed by atoms with E-state index < -0.39 is 0 Å². The molecule has 3 rings (SSSR count). The van der Waals surface area contributed by atoms with Gasteiger partial charge in [0.1, 0.15) is 12.4 Å². The fourth-order valence-electron chi connectivity index (χ4n) is 2.72. The molecule has 0 radical (unpaired) electrons. The second-order valence-electron chi connectivity index (χ2n) is 6.23. The molecule has 0 saturated carbocycles. The molecular formula is C22H21Cl2NO. The lowest BCUT2D eigenvalue weighted by molar-refractivity contribution is 0.303. The van der Waals surface area contributed by atoms with Gasteiger partial charge in [0.2, 0.25) is 0 Å². The lowest BCUT2D eigenvalue weighted by atomic mass is 10.1. The molecule has 0 saturated heterocycles. The fraction of sp³-hybridized carbons (Fsp3) is 0.182.